The van der Waals surface area contributed by atoms with Crippen LogP contribution in [0.1, 0.15) is 50.5 Å². The first-order valence-electron chi connectivity index (χ1n) is 7.67. The highest BCUT2D eigenvalue weighted by atomic mass is 16.6. The third-order valence-corrected chi connectivity index (χ3v) is 5.06. The number of benzene rings is 1. The van der Waals surface area contributed by atoms with E-state index in [0.717, 1.165) is 18.4 Å². The lowest BCUT2D eigenvalue weighted by atomic mass is 9.73. The highest BCUT2D eigenvalue weighted by molar-refractivity contribution is 6.05. The fraction of sp³-hybridized carbons (Fsp3) is 0.562. The Balaban J connectivity index is 1.93. The fourth-order valence-electron chi connectivity index (χ4n) is 3.90. The zero-order valence-electron chi connectivity index (χ0n) is 12.2. The number of nitro benzene ring substituents is 1. The van der Waals surface area contributed by atoms with Gasteiger partial charge in [0.25, 0.3) is 5.69 Å². The summed E-state index contributed by atoms with van der Waals surface area (Å²) in [5.41, 5.74) is 1.20. The molecule has 2 atom stereocenters. The van der Waals surface area contributed by atoms with Crippen LogP contribution in [0.3, 0.4) is 0 Å². The number of rotatable bonds is 3. The summed E-state index contributed by atoms with van der Waals surface area (Å²) >= 11 is 0. The number of nitrogens with zero attached hydrogens (tertiary/aromatic N) is 1. The van der Waals surface area contributed by atoms with Crippen molar-refractivity contribution in [1.82, 2.24) is 0 Å². The summed E-state index contributed by atoms with van der Waals surface area (Å²) in [5, 5.41) is 13.8. The summed E-state index contributed by atoms with van der Waals surface area (Å²) in [4.78, 5) is 23.0. The number of hydrogen-bond donors (Lipinski definition) is 1. The van der Waals surface area contributed by atoms with Gasteiger partial charge in [0.1, 0.15) is 5.69 Å². The molecule has 0 spiro atoms. The third-order valence-electron chi connectivity index (χ3n) is 5.06. The fourth-order valence-corrected chi connectivity index (χ4v) is 3.90. The van der Waals surface area contributed by atoms with Crippen molar-refractivity contribution in [1.29, 1.82) is 0 Å². The number of nitrogens with one attached hydrogen (secondary N) is 1. The average Bonchev–Trinajstić information content (AvgIpc) is 2.82. The second kappa shape index (κ2) is 5.47. The van der Waals surface area contributed by atoms with E-state index < -0.39 is 4.92 Å². The van der Waals surface area contributed by atoms with E-state index in [9.17, 15) is 14.9 Å². The number of hydrogen-bond acceptors (Lipinski definition) is 3. The van der Waals surface area contributed by atoms with Gasteiger partial charge in [0.05, 0.1) is 10.8 Å². The summed E-state index contributed by atoms with van der Waals surface area (Å²) in [7, 11) is 0. The SMILES string of the molecule is CC(C1CCCCC1)C1C(=O)Nc2c1cccc2[N+](=O)[O-]. The molecule has 1 fully saturated rings. The van der Waals surface area contributed by atoms with Crippen molar-refractivity contribution in [2.24, 2.45) is 11.8 Å². The summed E-state index contributed by atoms with van der Waals surface area (Å²) in [6.07, 6.45) is 6.06. The van der Waals surface area contributed by atoms with Crippen LogP contribution >= 0.6 is 0 Å². The minimum Gasteiger partial charge on any atom is -0.320 e. The van der Waals surface area contributed by atoms with Gasteiger partial charge < -0.3 is 5.32 Å². The molecular formula is C16H20N2O3. The lowest BCUT2D eigenvalue weighted by molar-refractivity contribution is -0.383. The third kappa shape index (κ3) is 2.41. The minimum absolute atomic E-state index is 0.000746. The van der Waals surface area contributed by atoms with Crippen LogP contribution in [-0.4, -0.2) is 10.8 Å². The van der Waals surface area contributed by atoms with Gasteiger partial charge in [-0.05, 0) is 17.4 Å². The molecule has 1 aromatic rings. The van der Waals surface area contributed by atoms with Gasteiger partial charge in [0, 0.05) is 6.07 Å². The molecule has 5 heteroatoms. The van der Waals surface area contributed by atoms with Gasteiger partial charge >= 0.3 is 0 Å². The van der Waals surface area contributed by atoms with Gasteiger partial charge in [-0.25, -0.2) is 0 Å². The van der Waals surface area contributed by atoms with E-state index >= 15 is 0 Å². The lowest BCUT2D eigenvalue weighted by Crippen LogP contribution is -2.26. The van der Waals surface area contributed by atoms with Gasteiger partial charge in [0.2, 0.25) is 5.91 Å². The Labute approximate surface area is 123 Å². The van der Waals surface area contributed by atoms with Crippen molar-refractivity contribution in [3.8, 4) is 0 Å². The molecular weight excluding hydrogens is 268 g/mol. The van der Waals surface area contributed by atoms with E-state index in [2.05, 4.69) is 12.2 Å². The van der Waals surface area contributed by atoms with Gasteiger partial charge in [-0.2, -0.15) is 0 Å². The molecule has 1 heterocycles. The number of amides is 1. The van der Waals surface area contributed by atoms with Crippen LogP contribution in [0.5, 0.6) is 0 Å². The highest BCUT2D eigenvalue weighted by Gasteiger charge is 2.41. The second-order valence-electron chi connectivity index (χ2n) is 6.22. The second-order valence-corrected chi connectivity index (χ2v) is 6.22. The number of fused-ring (bicyclic) bond motifs is 1. The molecule has 1 aliphatic carbocycles. The first-order valence-corrected chi connectivity index (χ1v) is 7.67. The van der Waals surface area contributed by atoms with Gasteiger partial charge in [-0.3, -0.25) is 14.9 Å². The predicted molar refractivity (Wildman–Crippen MR) is 80.2 cm³/mol. The van der Waals surface area contributed by atoms with Crippen LogP contribution in [-0.2, 0) is 4.79 Å². The van der Waals surface area contributed by atoms with Gasteiger partial charge in [-0.15, -0.1) is 0 Å². The molecule has 2 aliphatic rings. The van der Waals surface area contributed by atoms with Crippen LogP contribution in [0.2, 0.25) is 0 Å². The average molecular weight is 288 g/mol. The summed E-state index contributed by atoms with van der Waals surface area (Å²) < 4.78 is 0. The first kappa shape index (κ1) is 14.0. The van der Waals surface area contributed by atoms with E-state index in [-0.39, 0.29) is 23.4 Å². The summed E-state index contributed by atoms with van der Waals surface area (Å²) in [5.74, 6) is 0.439. The van der Waals surface area contributed by atoms with Crippen molar-refractivity contribution >= 4 is 17.3 Å². The molecule has 0 bridgehead atoms. The topological polar surface area (TPSA) is 72.2 Å². The zero-order valence-corrected chi connectivity index (χ0v) is 12.2. The molecule has 0 saturated heterocycles. The summed E-state index contributed by atoms with van der Waals surface area (Å²) in [6, 6.07) is 4.98. The van der Waals surface area contributed by atoms with Gasteiger partial charge in [0.15, 0.2) is 0 Å². The smallest absolute Gasteiger partial charge is 0.293 e. The first-order chi connectivity index (χ1) is 10.1. The zero-order chi connectivity index (χ0) is 15.0. The van der Waals surface area contributed by atoms with Crippen LogP contribution in [0.25, 0.3) is 0 Å². The van der Waals surface area contributed by atoms with Crippen molar-refractivity contribution in [2.75, 3.05) is 5.32 Å². The van der Waals surface area contributed by atoms with Crippen LogP contribution in [0.15, 0.2) is 18.2 Å². The Kier molecular flexibility index (Phi) is 3.66. The predicted octanol–water partition coefficient (Wildman–Crippen LogP) is 3.85. The van der Waals surface area contributed by atoms with Crippen molar-refractivity contribution < 1.29 is 9.72 Å². The molecule has 3 rings (SSSR count). The Morgan fingerprint density at radius 1 is 1.29 bits per heavy atom. The van der Waals surface area contributed by atoms with E-state index in [1.165, 1.54) is 25.3 Å². The Morgan fingerprint density at radius 2 is 2.00 bits per heavy atom. The Bertz CT molecular complexity index is 579. The van der Waals surface area contributed by atoms with Crippen LogP contribution in [0, 0.1) is 22.0 Å². The van der Waals surface area contributed by atoms with Crippen molar-refractivity contribution in [2.45, 2.75) is 44.9 Å². The Hall–Kier alpha value is -1.91. The highest BCUT2D eigenvalue weighted by Crippen LogP contribution is 2.46. The molecule has 21 heavy (non-hydrogen) atoms. The van der Waals surface area contributed by atoms with E-state index in [1.54, 1.807) is 6.07 Å². The maximum Gasteiger partial charge on any atom is 0.293 e. The Morgan fingerprint density at radius 3 is 2.67 bits per heavy atom. The maximum atomic E-state index is 12.4. The molecule has 1 amide bonds. The van der Waals surface area contributed by atoms with Crippen molar-refractivity contribution in [3.63, 3.8) is 0 Å². The number of carbonyl (C=O) groups excluding carboxylic acids is 1. The number of nitro groups is 1. The molecule has 2 unspecified atom stereocenters. The van der Waals surface area contributed by atoms with E-state index in [4.69, 9.17) is 0 Å². The minimum atomic E-state index is -0.424. The molecule has 112 valence electrons. The van der Waals surface area contributed by atoms with Crippen molar-refractivity contribution in [3.05, 3.63) is 33.9 Å². The number of carbonyl (C=O) groups is 1. The largest absolute Gasteiger partial charge is 0.320 e. The molecule has 1 saturated carbocycles. The van der Waals surface area contributed by atoms with E-state index in [0.29, 0.717) is 11.6 Å². The normalized spacial score (nSPS) is 23.5. The van der Waals surface area contributed by atoms with Gasteiger partial charge in [-0.1, -0.05) is 51.2 Å². The quantitative estimate of drug-likeness (QED) is 0.678. The lowest BCUT2D eigenvalue weighted by Gasteiger charge is -2.30. The van der Waals surface area contributed by atoms with Crippen LogP contribution < -0.4 is 5.32 Å². The standard InChI is InChI=1S/C16H20N2O3/c1-10(11-6-3-2-4-7-11)14-12-8-5-9-13(18(20)21)15(12)17-16(14)19/h5,8-11,14H,2-4,6-7H2,1H3,(H,17,19). The molecule has 5 nitrogen and oxygen atoms in total. The molecule has 1 aromatic carbocycles. The summed E-state index contributed by atoms with van der Waals surface area (Å²) in [6.45, 7) is 2.12. The molecule has 0 radical (unpaired) electrons. The monoisotopic (exact) mass is 288 g/mol. The van der Waals surface area contributed by atoms with E-state index in [1.807, 2.05) is 6.07 Å². The number of anilines is 1. The molecule has 1 aliphatic heterocycles. The number of para-hydroxylation sites is 1. The van der Waals surface area contributed by atoms with Crippen LogP contribution in [0.4, 0.5) is 11.4 Å². The molecule has 0 aromatic heterocycles. The molecule has 1 N–H and O–H groups in total. The maximum absolute atomic E-state index is 12.4.